The van der Waals surface area contributed by atoms with Gasteiger partial charge in [0.2, 0.25) is 0 Å². The van der Waals surface area contributed by atoms with Crippen molar-refractivity contribution in [2.75, 3.05) is 18.5 Å². The Kier molecular flexibility index (Phi) is 5.82. The van der Waals surface area contributed by atoms with E-state index < -0.39 is 11.7 Å². The fourth-order valence-corrected chi connectivity index (χ4v) is 2.15. The van der Waals surface area contributed by atoms with Gasteiger partial charge in [-0.25, -0.2) is 4.39 Å². The van der Waals surface area contributed by atoms with Gasteiger partial charge in [-0.15, -0.1) is 0 Å². The molecular formula is C17H17ClFNO3. The van der Waals surface area contributed by atoms with E-state index in [1.54, 1.807) is 18.2 Å². The van der Waals surface area contributed by atoms with Crippen LogP contribution in [0, 0.1) is 5.82 Å². The van der Waals surface area contributed by atoms with Gasteiger partial charge in [0.25, 0.3) is 5.91 Å². The zero-order valence-corrected chi connectivity index (χ0v) is 13.6. The normalized spacial score (nSPS) is 10.3. The van der Waals surface area contributed by atoms with E-state index in [2.05, 4.69) is 5.32 Å². The molecule has 0 bridgehead atoms. The molecule has 2 aromatic rings. The van der Waals surface area contributed by atoms with Gasteiger partial charge in [-0.1, -0.05) is 11.6 Å². The van der Waals surface area contributed by atoms with E-state index in [-0.39, 0.29) is 5.69 Å². The summed E-state index contributed by atoms with van der Waals surface area (Å²) < 4.78 is 24.6. The second kappa shape index (κ2) is 7.83. The molecule has 1 N–H and O–H groups in total. The molecule has 0 unspecified atom stereocenters. The molecule has 6 heteroatoms. The van der Waals surface area contributed by atoms with Crippen LogP contribution in [0.5, 0.6) is 11.5 Å². The Labute approximate surface area is 139 Å². The number of hydrogen-bond donors (Lipinski definition) is 1. The number of ether oxygens (including phenoxy) is 2. The number of carbonyl (C=O) groups excluding carboxylic acids is 1. The maximum atomic E-state index is 13.7. The lowest BCUT2D eigenvalue weighted by molar-refractivity contribution is 0.102. The second-order valence-electron chi connectivity index (χ2n) is 4.61. The predicted molar refractivity (Wildman–Crippen MR) is 88.1 cm³/mol. The lowest BCUT2D eigenvalue weighted by Gasteiger charge is -2.12. The van der Waals surface area contributed by atoms with E-state index in [0.717, 1.165) is 0 Å². The molecule has 0 heterocycles. The highest BCUT2D eigenvalue weighted by Gasteiger charge is 2.13. The summed E-state index contributed by atoms with van der Waals surface area (Å²) in [6, 6.07) is 8.76. The van der Waals surface area contributed by atoms with Crippen LogP contribution < -0.4 is 14.8 Å². The number of rotatable bonds is 6. The zero-order chi connectivity index (χ0) is 16.8. The van der Waals surface area contributed by atoms with Gasteiger partial charge in [0.15, 0.2) is 11.5 Å². The van der Waals surface area contributed by atoms with E-state index >= 15 is 0 Å². The average Bonchev–Trinajstić information content (AvgIpc) is 2.53. The quantitative estimate of drug-likeness (QED) is 0.842. The molecule has 0 fully saturated rings. The molecule has 2 rings (SSSR count). The predicted octanol–water partition coefficient (Wildman–Crippen LogP) is 4.53. The summed E-state index contributed by atoms with van der Waals surface area (Å²) in [5.41, 5.74) is 0.352. The van der Waals surface area contributed by atoms with Crippen molar-refractivity contribution in [1.82, 2.24) is 0 Å². The Bertz CT molecular complexity index is 706. The van der Waals surface area contributed by atoms with E-state index in [4.69, 9.17) is 21.1 Å². The average molecular weight is 338 g/mol. The largest absolute Gasteiger partial charge is 0.490 e. The van der Waals surface area contributed by atoms with Gasteiger partial charge in [-0.05, 0) is 50.2 Å². The van der Waals surface area contributed by atoms with Gasteiger partial charge < -0.3 is 14.8 Å². The van der Waals surface area contributed by atoms with Crippen molar-refractivity contribution in [2.45, 2.75) is 13.8 Å². The molecule has 0 radical (unpaired) electrons. The molecule has 0 aromatic heterocycles. The van der Waals surface area contributed by atoms with Gasteiger partial charge in [0.05, 0.1) is 18.9 Å². The van der Waals surface area contributed by atoms with Crippen LogP contribution in [0.2, 0.25) is 5.02 Å². The van der Waals surface area contributed by atoms with Gasteiger partial charge in [-0.3, -0.25) is 4.79 Å². The monoisotopic (exact) mass is 337 g/mol. The van der Waals surface area contributed by atoms with Gasteiger partial charge in [0, 0.05) is 10.6 Å². The van der Waals surface area contributed by atoms with Crippen molar-refractivity contribution in [1.29, 1.82) is 0 Å². The highest BCUT2D eigenvalue weighted by molar-refractivity contribution is 6.31. The van der Waals surface area contributed by atoms with Crippen LogP contribution in [0.3, 0.4) is 0 Å². The Morgan fingerprint density at radius 1 is 1.09 bits per heavy atom. The van der Waals surface area contributed by atoms with Crippen LogP contribution in [-0.2, 0) is 0 Å². The third-order valence-corrected chi connectivity index (χ3v) is 3.22. The van der Waals surface area contributed by atoms with Crippen molar-refractivity contribution < 1.29 is 18.7 Å². The van der Waals surface area contributed by atoms with Crippen molar-refractivity contribution in [3.05, 3.63) is 52.8 Å². The maximum Gasteiger partial charge on any atom is 0.255 e. The number of halogens is 2. The summed E-state index contributed by atoms with van der Waals surface area (Å²) in [6.07, 6.45) is 0. The summed E-state index contributed by atoms with van der Waals surface area (Å²) in [4.78, 5) is 12.3. The van der Waals surface area contributed by atoms with Crippen LogP contribution in [0.15, 0.2) is 36.4 Å². The minimum absolute atomic E-state index is 0.0225. The standard InChI is InChI=1S/C17H17ClFNO3/c1-3-22-15-8-5-11(9-16(15)23-4-2)17(21)20-14-10-12(18)6-7-13(14)19/h5-10H,3-4H2,1-2H3,(H,20,21). The molecule has 0 aliphatic carbocycles. The van der Waals surface area contributed by atoms with Crippen molar-refractivity contribution >= 4 is 23.2 Å². The second-order valence-corrected chi connectivity index (χ2v) is 5.04. The fraction of sp³-hybridized carbons (Fsp3) is 0.235. The van der Waals surface area contributed by atoms with Crippen molar-refractivity contribution in [3.63, 3.8) is 0 Å². The summed E-state index contributed by atoms with van der Waals surface area (Å²) in [7, 11) is 0. The molecule has 0 spiro atoms. The zero-order valence-electron chi connectivity index (χ0n) is 12.9. The minimum atomic E-state index is -0.557. The molecule has 0 aliphatic heterocycles. The lowest BCUT2D eigenvalue weighted by atomic mass is 10.1. The third-order valence-electron chi connectivity index (χ3n) is 2.98. The number of carbonyl (C=O) groups is 1. The first-order valence-electron chi connectivity index (χ1n) is 7.21. The van der Waals surface area contributed by atoms with Crippen LogP contribution in [-0.4, -0.2) is 19.1 Å². The smallest absolute Gasteiger partial charge is 0.255 e. The summed E-state index contributed by atoms with van der Waals surface area (Å²) in [5.74, 6) is 0.00212. The molecule has 2 aromatic carbocycles. The molecule has 0 aliphatic rings. The highest BCUT2D eigenvalue weighted by Crippen LogP contribution is 2.29. The number of hydrogen-bond acceptors (Lipinski definition) is 3. The highest BCUT2D eigenvalue weighted by atomic mass is 35.5. The number of benzene rings is 2. The summed E-state index contributed by atoms with van der Waals surface area (Å²) in [6.45, 7) is 4.62. The van der Waals surface area contributed by atoms with Gasteiger partial charge >= 0.3 is 0 Å². The number of amides is 1. The van der Waals surface area contributed by atoms with E-state index in [0.29, 0.717) is 35.3 Å². The fourth-order valence-electron chi connectivity index (χ4n) is 1.98. The third kappa shape index (κ3) is 4.36. The Hall–Kier alpha value is -2.27. The maximum absolute atomic E-state index is 13.7. The first kappa shape index (κ1) is 17.1. The molecule has 23 heavy (non-hydrogen) atoms. The van der Waals surface area contributed by atoms with Crippen LogP contribution in [0.25, 0.3) is 0 Å². The lowest BCUT2D eigenvalue weighted by Crippen LogP contribution is -2.13. The van der Waals surface area contributed by atoms with E-state index in [1.165, 1.54) is 18.2 Å². The molecule has 1 amide bonds. The molecule has 0 atom stereocenters. The van der Waals surface area contributed by atoms with Crippen LogP contribution >= 0.6 is 11.6 Å². The molecule has 4 nitrogen and oxygen atoms in total. The summed E-state index contributed by atoms with van der Waals surface area (Å²) in [5, 5.41) is 2.83. The Morgan fingerprint density at radius 3 is 2.48 bits per heavy atom. The molecule has 0 saturated carbocycles. The van der Waals surface area contributed by atoms with Gasteiger partial charge in [-0.2, -0.15) is 0 Å². The summed E-state index contributed by atoms with van der Waals surface area (Å²) >= 11 is 5.81. The Balaban J connectivity index is 2.25. The van der Waals surface area contributed by atoms with Crippen LogP contribution in [0.4, 0.5) is 10.1 Å². The first-order valence-corrected chi connectivity index (χ1v) is 7.59. The molecular weight excluding hydrogens is 321 g/mol. The van der Waals surface area contributed by atoms with Crippen molar-refractivity contribution in [2.24, 2.45) is 0 Å². The molecule has 122 valence electrons. The number of anilines is 1. The van der Waals surface area contributed by atoms with E-state index in [9.17, 15) is 9.18 Å². The topological polar surface area (TPSA) is 47.6 Å². The number of nitrogens with one attached hydrogen (secondary N) is 1. The van der Waals surface area contributed by atoms with Gasteiger partial charge in [0.1, 0.15) is 5.82 Å². The first-order chi connectivity index (χ1) is 11.0. The van der Waals surface area contributed by atoms with Crippen LogP contribution in [0.1, 0.15) is 24.2 Å². The van der Waals surface area contributed by atoms with E-state index in [1.807, 2.05) is 13.8 Å². The minimum Gasteiger partial charge on any atom is -0.490 e. The molecule has 0 saturated heterocycles. The van der Waals surface area contributed by atoms with Crippen molar-refractivity contribution in [3.8, 4) is 11.5 Å². The SMILES string of the molecule is CCOc1ccc(C(=O)Nc2cc(Cl)ccc2F)cc1OCC. The Morgan fingerprint density at radius 2 is 1.78 bits per heavy atom.